The number of aromatic nitrogens is 2. The van der Waals surface area contributed by atoms with Crippen LogP contribution in [0.1, 0.15) is 20.3 Å². The van der Waals surface area contributed by atoms with Gasteiger partial charge in [-0.3, -0.25) is 4.79 Å². The first-order valence-corrected chi connectivity index (χ1v) is 12.4. The molecule has 0 spiro atoms. The summed E-state index contributed by atoms with van der Waals surface area (Å²) in [5, 5.41) is 0.866. The molecule has 0 saturated carbocycles. The van der Waals surface area contributed by atoms with Crippen LogP contribution in [0.4, 0.5) is 0 Å². The summed E-state index contributed by atoms with van der Waals surface area (Å²) in [6.07, 6.45) is 2.26. The first-order valence-electron chi connectivity index (χ1n) is 9.56. The van der Waals surface area contributed by atoms with E-state index in [1.807, 2.05) is 18.2 Å². The zero-order valence-electron chi connectivity index (χ0n) is 16.7. The van der Waals surface area contributed by atoms with Crippen LogP contribution in [0, 0.1) is 5.92 Å². The second kappa shape index (κ2) is 8.84. The molecule has 1 aliphatic rings. The minimum absolute atomic E-state index is 0.0283. The van der Waals surface area contributed by atoms with Crippen molar-refractivity contribution in [1.29, 1.82) is 0 Å². The summed E-state index contributed by atoms with van der Waals surface area (Å²) in [6.45, 7) is 6.88. The monoisotopic (exact) mass is 424 g/mol. The zero-order chi connectivity index (χ0) is 20.3. The van der Waals surface area contributed by atoms with E-state index < -0.39 is 10.0 Å². The fourth-order valence-electron chi connectivity index (χ4n) is 3.25. The van der Waals surface area contributed by atoms with E-state index in [2.05, 4.69) is 24.5 Å². The third kappa shape index (κ3) is 5.07. The number of carbonyl (C=O) groups is 1. The molecule has 1 amide bonds. The number of para-hydroxylation sites is 2. The highest BCUT2D eigenvalue weighted by Gasteiger charge is 2.26. The van der Waals surface area contributed by atoms with E-state index in [9.17, 15) is 13.2 Å². The molecule has 2 aromatic rings. The molecule has 1 aliphatic heterocycles. The van der Waals surface area contributed by atoms with Crippen molar-refractivity contribution in [1.82, 2.24) is 18.8 Å². The molecule has 0 atom stereocenters. The van der Waals surface area contributed by atoms with E-state index in [-0.39, 0.29) is 5.91 Å². The largest absolute Gasteiger partial charge is 0.339 e. The molecule has 9 heteroatoms. The quantitative estimate of drug-likeness (QED) is 0.638. The van der Waals surface area contributed by atoms with Crippen LogP contribution in [-0.2, 0) is 21.4 Å². The highest BCUT2D eigenvalue weighted by molar-refractivity contribution is 7.99. The number of thioether (sulfide) groups is 1. The van der Waals surface area contributed by atoms with Crippen LogP contribution in [0.25, 0.3) is 11.0 Å². The Morgan fingerprint density at radius 2 is 1.86 bits per heavy atom. The van der Waals surface area contributed by atoms with Crippen molar-refractivity contribution in [2.24, 2.45) is 5.92 Å². The van der Waals surface area contributed by atoms with Crippen molar-refractivity contribution in [3.05, 3.63) is 24.3 Å². The number of amides is 1. The molecule has 0 aliphatic carbocycles. The number of benzene rings is 1. The molecular formula is C19H28N4O3S2. The third-order valence-electron chi connectivity index (χ3n) is 4.93. The smallest absolute Gasteiger partial charge is 0.233 e. The molecule has 7 nitrogen and oxygen atoms in total. The van der Waals surface area contributed by atoms with Gasteiger partial charge in [-0.2, -0.15) is 4.31 Å². The first-order chi connectivity index (χ1) is 13.3. The Morgan fingerprint density at radius 3 is 2.50 bits per heavy atom. The molecule has 2 heterocycles. The Balaban J connectivity index is 1.65. The highest BCUT2D eigenvalue weighted by atomic mass is 32.2. The summed E-state index contributed by atoms with van der Waals surface area (Å²) in [5.74, 6) is 0.927. The Bertz CT molecular complexity index is 932. The molecule has 1 fully saturated rings. The van der Waals surface area contributed by atoms with Crippen molar-refractivity contribution in [2.45, 2.75) is 32.0 Å². The van der Waals surface area contributed by atoms with E-state index >= 15 is 0 Å². The van der Waals surface area contributed by atoms with Crippen LogP contribution in [0.5, 0.6) is 0 Å². The van der Waals surface area contributed by atoms with Gasteiger partial charge in [0.1, 0.15) is 0 Å². The van der Waals surface area contributed by atoms with Gasteiger partial charge in [0.2, 0.25) is 15.9 Å². The number of rotatable bonds is 7. The average molecular weight is 425 g/mol. The van der Waals surface area contributed by atoms with E-state index in [0.29, 0.717) is 37.8 Å². The van der Waals surface area contributed by atoms with Crippen LogP contribution in [0.3, 0.4) is 0 Å². The lowest BCUT2D eigenvalue weighted by molar-refractivity contribution is -0.129. The molecule has 0 bridgehead atoms. The lowest BCUT2D eigenvalue weighted by Crippen LogP contribution is -2.50. The molecule has 0 radical (unpaired) electrons. The van der Waals surface area contributed by atoms with Gasteiger partial charge in [-0.25, -0.2) is 13.4 Å². The Hall–Kier alpha value is -1.58. The lowest BCUT2D eigenvalue weighted by Gasteiger charge is -2.33. The van der Waals surface area contributed by atoms with Gasteiger partial charge in [0.25, 0.3) is 0 Å². The standard InChI is InChI=1S/C19H28N4O3S2/c1-15(2)8-9-23-17-7-5-4-6-16(17)20-19(23)27-14-18(24)21-10-12-22(13-11-21)28(3,25)26/h4-7,15H,8-14H2,1-3H3. The van der Waals surface area contributed by atoms with Gasteiger partial charge >= 0.3 is 0 Å². The number of hydrogen-bond donors (Lipinski definition) is 0. The maximum absolute atomic E-state index is 12.6. The molecule has 0 unspecified atom stereocenters. The Labute approximate surface area is 171 Å². The molecule has 1 saturated heterocycles. The lowest BCUT2D eigenvalue weighted by atomic mass is 10.1. The zero-order valence-corrected chi connectivity index (χ0v) is 18.3. The summed E-state index contributed by atoms with van der Waals surface area (Å²) in [5.41, 5.74) is 2.04. The predicted molar refractivity (Wildman–Crippen MR) is 113 cm³/mol. The predicted octanol–water partition coefficient (Wildman–Crippen LogP) is 2.28. The van der Waals surface area contributed by atoms with Gasteiger partial charge in [-0.05, 0) is 24.5 Å². The topological polar surface area (TPSA) is 75.5 Å². The molecule has 28 heavy (non-hydrogen) atoms. The number of sulfonamides is 1. The number of nitrogens with zero attached hydrogens (tertiary/aromatic N) is 4. The second-order valence-corrected chi connectivity index (χ2v) is 10.5. The molecule has 154 valence electrons. The van der Waals surface area contributed by atoms with Crippen LogP contribution >= 0.6 is 11.8 Å². The van der Waals surface area contributed by atoms with Gasteiger partial charge < -0.3 is 9.47 Å². The summed E-state index contributed by atoms with van der Waals surface area (Å²) in [6, 6.07) is 8.05. The number of carbonyl (C=O) groups excluding carboxylic acids is 1. The van der Waals surface area contributed by atoms with Gasteiger partial charge in [-0.15, -0.1) is 0 Å². The van der Waals surface area contributed by atoms with Crippen molar-refractivity contribution in [2.75, 3.05) is 38.2 Å². The maximum Gasteiger partial charge on any atom is 0.233 e. The van der Waals surface area contributed by atoms with E-state index in [0.717, 1.165) is 29.2 Å². The van der Waals surface area contributed by atoms with E-state index in [4.69, 9.17) is 4.98 Å². The number of hydrogen-bond acceptors (Lipinski definition) is 5. The van der Waals surface area contributed by atoms with E-state index in [1.54, 1.807) is 4.90 Å². The van der Waals surface area contributed by atoms with Gasteiger partial charge in [-0.1, -0.05) is 37.7 Å². The number of aryl methyl sites for hydroxylation is 1. The summed E-state index contributed by atoms with van der Waals surface area (Å²) in [7, 11) is -3.19. The normalized spacial score (nSPS) is 16.2. The maximum atomic E-state index is 12.6. The van der Waals surface area contributed by atoms with Gasteiger partial charge in [0.05, 0.1) is 23.0 Å². The highest BCUT2D eigenvalue weighted by Crippen LogP contribution is 2.25. The van der Waals surface area contributed by atoms with Gasteiger partial charge in [0, 0.05) is 32.7 Å². The van der Waals surface area contributed by atoms with Crippen LogP contribution < -0.4 is 0 Å². The van der Waals surface area contributed by atoms with Crippen molar-refractivity contribution < 1.29 is 13.2 Å². The number of piperazine rings is 1. The summed E-state index contributed by atoms with van der Waals surface area (Å²) >= 11 is 1.46. The minimum Gasteiger partial charge on any atom is -0.339 e. The van der Waals surface area contributed by atoms with Crippen molar-refractivity contribution >= 4 is 38.7 Å². The van der Waals surface area contributed by atoms with E-state index in [1.165, 1.54) is 22.3 Å². The number of fused-ring (bicyclic) bond motifs is 1. The third-order valence-corrected chi connectivity index (χ3v) is 7.20. The minimum atomic E-state index is -3.19. The van der Waals surface area contributed by atoms with Crippen molar-refractivity contribution in [3.63, 3.8) is 0 Å². The Kier molecular flexibility index (Phi) is 6.67. The Morgan fingerprint density at radius 1 is 1.18 bits per heavy atom. The number of imidazole rings is 1. The van der Waals surface area contributed by atoms with Gasteiger partial charge in [0.15, 0.2) is 5.16 Å². The fraction of sp³-hybridized carbons (Fsp3) is 0.579. The molecular weight excluding hydrogens is 396 g/mol. The summed E-state index contributed by atoms with van der Waals surface area (Å²) in [4.78, 5) is 19.1. The first kappa shape index (κ1) is 21.1. The second-order valence-electron chi connectivity index (χ2n) is 7.55. The average Bonchev–Trinajstić information content (AvgIpc) is 3.01. The van der Waals surface area contributed by atoms with Crippen LogP contribution in [0.15, 0.2) is 29.4 Å². The molecule has 0 N–H and O–H groups in total. The summed E-state index contributed by atoms with van der Waals surface area (Å²) < 4.78 is 26.9. The molecule has 3 rings (SSSR count). The van der Waals surface area contributed by atoms with Crippen LogP contribution in [-0.4, -0.2) is 71.3 Å². The SMILES string of the molecule is CC(C)CCn1c(SCC(=O)N2CCN(S(C)(=O)=O)CC2)nc2ccccc21. The van der Waals surface area contributed by atoms with Crippen molar-refractivity contribution in [3.8, 4) is 0 Å². The molecule has 1 aromatic carbocycles. The fourth-order valence-corrected chi connectivity index (χ4v) is 5.02. The molecule has 1 aromatic heterocycles. The van der Waals surface area contributed by atoms with Crippen LogP contribution in [0.2, 0.25) is 0 Å².